The molecular formula is C17H26O. The molecule has 0 radical (unpaired) electrons. The number of hydrogen-bond donors (Lipinski definition) is 1. The summed E-state index contributed by atoms with van der Waals surface area (Å²) in [4.78, 5) is 0. The lowest BCUT2D eigenvalue weighted by atomic mass is 9.89. The van der Waals surface area contributed by atoms with E-state index in [4.69, 9.17) is 0 Å². The van der Waals surface area contributed by atoms with Crippen molar-refractivity contribution in [3.63, 3.8) is 0 Å². The maximum absolute atomic E-state index is 10.7. The van der Waals surface area contributed by atoms with Crippen LogP contribution < -0.4 is 0 Å². The summed E-state index contributed by atoms with van der Waals surface area (Å²) in [5.74, 6) is 1.41. The molecule has 2 unspecified atom stereocenters. The first-order chi connectivity index (χ1) is 8.66. The largest absolute Gasteiger partial charge is 0.388 e. The molecular weight excluding hydrogens is 220 g/mol. The fourth-order valence-electron chi connectivity index (χ4n) is 3.77. The Labute approximate surface area is 111 Å². The quantitative estimate of drug-likeness (QED) is 0.779. The molecule has 0 saturated heterocycles. The Balaban J connectivity index is 2.15. The van der Waals surface area contributed by atoms with E-state index in [1.54, 1.807) is 0 Å². The van der Waals surface area contributed by atoms with Crippen LogP contribution >= 0.6 is 0 Å². The zero-order valence-electron chi connectivity index (χ0n) is 11.9. The molecule has 18 heavy (non-hydrogen) atoms. The van der Waals surface area contributed by atoms with Gasteiger partial charge in [-0.2, -0.15) is 0 Å². The summed E-state index contributed by atoms with van der Waals surface area (Å²) in [6.45, 7) is 6.78. The molecule has 0 amide bonds. The molecule has 1 heteroatoms. The monoisotopic (exact) mass is 246 g/mol. The van der Waals surface area contributed by atoms with Gasteiger partial charge in [-0.3, -0.25) is 0 Å². The maximum Gasteiger partial charge on any atom is 0.0849 e. The van der Waals surface area contributed by atoms with E-state index < -0.39 is 0 Å². The zero-order chi connectivity index (χ0) is 13.2. The van der Waals surface area contributed by atoms with Crippen molar-refractivity contribution in [2.45, 2.75) is 52.6 Å². The van der Waals surface area contributed by atoms with Crippen LogP contribution in [0, 0.1) is 17.3 Å². The van der Waals surface area contributed by atoms with Crippen LogP contribution in [-0.4, -0.2) is 5.11 Å². The topological polar surface area (TPSA) is 20.2 Å². The van der Waals surface area contributed by atoms with Crippen molar-refractivity contribution in [3.8, 4) is 0 Å². The summed E-state index contributed by atoms with van der Waals surface area (Å²) < 4.78 is 0. The van der Waals surface area contributed by atoms with Gasteiger partial charge in [0, 0.05) is 5.41 Å². The third-order valence-electron chi connectivity index (χ3n) is 4.88. The minimum Gasteiger partial charge on any atom is -0.388 e. The van der Waals surface area contributed by atoms with Crippen LogP contribution in [0.25, 0.3) is 0 Å². The molecule has 0 spiro atoms. The van der Waals surface area contributed by atoms with Gasteiger partial charge in [0.15, 0.2) is 0 Å². The van der Waals surface area contributed by atoms with Gasteiger partial charge in [-0.05, 0) is 30.2 Å². The number of benzene rings is 1. The summed E-state index contributed by atoms with van der Waals surface area (Å²) >= 11 is 0. The molecule has 1 saturated carbocycles. The van der Waals surface area contributed by atoms with Crippen LogP contribution in [0.1, 0.15) is 58.1 Å². The molecule has 100 valence electrons. The van der Waals surface area contributed by atoms with Crippen LogP contribution in [0.4, 0.5) is 0 Å². The predicted molar refractivity (Wildman–Crippen MR) is 76.3 cm³/mol. The molecule has 2 rings (SSSR count). The van der Waals surface area contributed by atoms with E-state index in [-0.39, 0.29) is 11.5 Å². The zero-order valence-corrected chi connectivity index (χ0v) is 11.9. The molecule has 1 N–H and O–H groups in total. The first-order valence-electron chi connectivity index (χ1n) is 7.39. The minimum atomic E-state index is -0.299. The van der Waals surface area contributed by atoms with Gasteiger partial charge in [-0.1, -0.05) is 63.9 Å². The van der Waals surface area contributed by atoms with Crippen molar-refractivity contribution in [2.75, 3.05) is 0 Å². The van der Waals surface area contributed by atoms with Crippen LogP contribution in [0.15, 0.2) is 30.3 Å². The average Bonchev–Trinajstić information content (AvgIpc) is 2.96. The number of rotatable bonds is 6. The Kier molecular flexibility index (Phi) is 4.11. The normalized spacial score (nSPS) is 32.2. The molecule has 1 aliphatic rings. The van der Waals surface area contributed by atoms with Crippen molar-refractivity contribution in [2.24, 2.45) is 17.3 Å². The van der Waals surface area contributed by atoms with Gasteiger partial charge in [0.25, 0.3) is 0 Å². The van der Waals surface area contributed by atoms with Crippen LogP contribution in [0.3, 0.4) is 0 Å². The number of aliphatic hydroxyl groups is 1. The first kappa shape index (κ1) is 13.6. The lowest BCUT2D eigenvalue weighted by Gasteiger charge is -2.21. The second-order valence-corrected chi connectivity index (χ2v) is 5.97. The van der Waals surface area contributed by atoms with E-state index in [0.717, 1.165) is 5.56 Å². The van der Waals surface area contributed by atoms with Crippen LogP contribution in [-0.2, 0) is 0 Å². The van der Waals surface area contributed by atoms with Gasteiger partial charge >= 0.3 is 0 Å². The van der Waals surface area contributed by atoms with Gasteiger partial charge < -0.3 is 5.11 Å². The van der Waals surface area contributed by atoms with Crippen molar-refractivity contribution in [1.29, 1.82) is 0 Å². The molecule has 1 fully saturated rings. The summed E-state index contributed by atoms with van der Waals surface area (Å²) in [6.07, 6.45) is 4.66. The van der Waals surface area contributed by atoms with Gasteiger partial charge in [0.1, 0.15) is 0 Å². The molecule has 4 atom stereocenters. The van der Waals surface area contributed by atoms with E-state index in [9.17, 15) is 5.11 Å². The highest BCUT2D eigenvalue weighted by molar-refractivity contribution is 5.24. The summed E-state index contributed by atoms with van der Waals surface area (Å²) in [7, 11) is 0. The Hall–Kier alpha value is -0.820. The smallest absolute Gasteiger partial charge is 0.0849 e. The molecule has 0 aliphatic heterocycles. The van der Waals surface area contributed by atoms with E-state index >= 15 is 0 Å². The molecule has 0 heterocycles. The highest BCUT2D eigenvalue weighted by Gasteiger charge is 2.63. The second-order valence-electron chi connectivity index (χ2n) is 5.97. The lowest BCUT2D eigenvalue weighted by Crippen LogP contribution is -2.14. The third kappa shape index (κ3) is 2.21. The Morgan fingerprint density at radius 1 is 1.06 bits per heavy atom. The molecule has 1 nitrogen and oxygen atoms in total. The van der Waals surface area contributed by atoms with Gasteiger partial charge in [-0.15, -0.1) is 0 Å². The number of hydrogen-bond acceptors (Lipinski definition) is 1. The maximum atomic E-state index is 10.7. The molecule has 0 aromatic heterocycles. The third-order valence-corrected chi connectivity index (χ3v) is 4.88. The summed E-state index contributed by atoms with van der Waals surface area (Å²) in [5, 5.41) is 10.7. The fourth-order valence-corrected chi connectivity index (χ4v) is 3.77. The van der Waals surface area contributed by atoms with E-state index in [1.807, 2.05) is 18.2 Å². The highest BCUT2D eigenvalue weighted by atomic mass is 16.3. The first-order valence-corrected chi connectivity index (χ1v) is 7.39. The lowest BCUT2D eigenvalue weighted by molar-refractivity contribution is 0.0841. The van der Waals surface area contributed by atoms with Crippen molar-refractivity contribution < 1.29 is 5.11 Å². The fraction of sp³-hybridized carbons (Fsp3) is 0.647. The predicted octanol–water partition coefficient (Wildman–Crippen LogP) is 4.57. The Bertz CT molecular complexity index is 358. The highest BCUT2D eigenvalue weighted by Crippen LogP contribution is 2.68. The van der Waals surface area contributed by atoms with Crippen LogP contribution in [0.5, 0.6) is 0 Å². The molecule has 0 bridgehead atoms. The van der Waals surface area contributed by atoms with Crippen LogP contribution in [0.2, 0.25) is 0 Å². The van der Waals surface area contributed by atoms with Crippen molar-refractivity contribution in [3.05, 3.63) is 35.9 Å². The summed E-state index contributed by atoms with van der Waals surface area (Å²) in [5.41, 5.74) is 1.19. The molecule has 1 aromatic rings. The van der Waals surface area contributed by atoms with E-state index in [1.165, 1.54) is 25.7 Å². The van der Waals surface area contributed by atoms with Gasteiger partial charge in [0.05, 0.1) is 6.10 Å². The van der Waals surface area contributed by atoms with Crippen molar-refractivity contribution in [1.82, 2.24) is 0 Å². The van der Waals surface area contributed by atoms with Crippen molar-refractivity contribution >= 4 is 0 Å². The Morgan fingerprint density at radius 3 is 2.00 bits per heavy atom. The second kappa shape index (κ2) is 5.44. The van der Waals surface area contributed by atoms with E-state index in [0.29, 0.717) is 11.8 Å². The molecule has 1 aliphatic carbocycles. The minimum absolute atomic E-state index is 0.105. The van der Waals surface area contributed by atoms with Gasteiger partial charge in [-0.25, -0.2) is 0 Å². The van der Waals surface area contributed by atoms with Gasteiger partial charge in [0.2, 0.25) is 0 Å². The SMILES string of the molecule is CCC[C@@H]1[C@H](CCC)C1(C)C(O)c1ccccc1. The summed E-state index contributed by atoms with van der Waals surface area (Å²) in [6, 6.07) is 10.2. The standard InChI is InChI=1S/C17H26O/c1-4-9-14-15(10-5-2)17(14,3)16(18)13-11-7-6-8-12-13/h6-8,11-12,14-16,18H,4-5,9-10H2,1-3H3/t14-,15+,16?,17?. The average molecular weight is 246 g/mol. The number of aliphatic hydroxyl groups excluding tert-OH is 1. The van der Waals surface area contributed by atoms with E-state index in [2.05, 4.69) is 32.9 Å². The molecule has 1 aromatic carbocycles. The Morgan fingerprint density at radius 2 is 1.56 bits per heavy atom.